The van der Waals surface area contributed by atoms with Crippen LogP contribution in [0.15, 0.2) is 66.7 Å². The number of nitrogens with one attached hydrogen (secondary N) is 3. The van der Waals surface area contributed by atoms with Crippen molar-refractivity contribution in [1.29, 1.82) is 0 Å². The Bertz CT molecular complexity index is 1650. The molecule has 1 atom stereocenters. The van der Waals surface area contributed by atoms with Gasteiger partial charge in [0.15, 0.2) is 0 Å². The summed E-state index contributed by atoms with van der Waals surface area (Å²) in [6.45, 7) is 2.80. The highest BCUT2D eigenvalue weighted by molar-refractivity contribution is 7.17. The molecule has 0 bridgehead atoms. The average molecular weight is 570 g/mol. The van der Waals surface area contributed by atoms with E-state index in [4.69, 9.17) is 0 Å². The van der Waals surface area contributed by atoms with Gasteiger partial charge in [-0.15, -0.1) is 11.3 Å². The number of thiophene rings is 1. The van der Waals surface area contributed by atoms with Gasteiger partial charge in [0.05, 0.1) is 16.3 Å². The lowest BCUT2D eigenvalue weighted by atomic mass is 10.1. The van der Waals surface area contributed by atoms with Gasteiger partial charge in [-0.05, 0) is 67.6 Å². The van der Waals surface area contributed by atoms with E-state index < -0.39 is 5.82 Å². The minimum atomic E-state index is -0.481. The Balaban J connectivity index is 1.26. The summed E-state index contributed by atoms with van der Waals surface area (Å²) >= 11 is 1.33. The monoisotopic (exact) mass is 569 g/mol. The third kappa shape index (κ3) is 5.30. The number of halogens is 1. The number of benzene rings is 2. The van der Waals surface area contributed by atoms with Crippen LogP contribution in [0.25, 0.3) is 10.4 Å². The lowest BCUT2D eigenvalue weighted by Gasteiger charge is -2.24. The van der Waals surface area contributed by atoms with E-state index in [9.17, 15) is 18.8 Å². The first-order chi connectivity index (χ1) is 19.9. The molecule has 0 spiro atoms. The number of aryl methyl sites for hydroxylation is 1. The number of para-hydroxylation sites is 2. The van der Waals surface area contributed by atoms with Gasteiger partial charge in [-0.3, -0.25) is 14.4 Å². The van der Waals surface area contributed by atoms with Crippen LogP contribution in [0.3, 0.4) is 0 Å². The second kappa shape index (κ2) is 11.1. The average Bonchev–Trinajstić information content (AvgIpc) is 3.34. The second-order valence-corrected chi connectivity index (χ2v) is 11.2. The number of hydrogen-bond donors (Lipinski definition) is 3. The molecule has 2 aromatic heterocycles. The van der Waals surface area contributed by atoms with E-state index >= 15 is 0 Å². The zero-order valence-electron chi connectivity index (χ0n) is 22.4. The Hall–Kier alpha value is -4.57. The fourth-order valence-electron chi connectivity index (χ4n) is 5.25. The largest absolute Gasteiger partial charge is 0.358 e. The maximum Gasteiger partial charge on any atom is 0.276 e. The predicted molar refractivity (Wildman–Crippen MR) is 158 cm³/mol. The molecule has 2 aromatic carbocycles. The molecule has 3 N–H and O–H groups in total. The van der Waals surface area contributed by atoms with Gasteiger partial charge >= 0.3 is 0 Å². The molecular weight excluding hydrogens is 541 g/mol. The van der Waals surface area contributed by atoms with E-state index in [0.29, 0.717) is 42.2 Å². The number of rotatable bonds is 5. The molecule has 2 aliphatic heterocycles. The van der Waals surface area contributed by atoms with Gasteiger partial charge in [-0.25, -0.2) is 9.37 Å². The van der Waals surface area contributed by atoms with Crippen LogP contribution in [-0.4, -0.2) is 41.8 Å². The molecule has 6 rings (SSSR count). The number of nitrogens with zero attached hydrogens (tertiary/aromatic N) is 2. The van der Waals surface area contributed by atoms with Gasteiger partial charge in [-0.2, -0.15) is 0 Å². The molecule has 0 saturated carbocycles. The maximum absolute atomic E-state index is 14.3. The van der Waals surface area contributed by atoms with Gasteiger partial charge < -0.3 is 20.9 Å². The number of piperidine rings is 1. The number of carbonyl (C=O) groups is 3. The van der Waals surface area contributed by atoms with Crippen LogP contribution in [-0.2, 0) is 11.2 Å². The number of anilines is 3. The van der Waals surface area contributed by atoms with Crippen molar-refractivity contribution in [3.63, 3.8) is 0 Å². The highest BCUT2D eigenvalue weighted by Crippen LogP contribution is 2.42. The molecule has 1 saturated heterocycles. The number of amides is 3. The van der Waals surface area contributed by atoms with Crippen molar-refractivity contribution in [2.24, 2.45) is 0 Å². The Morgan fingerprint density at radius 1 is 1.10 bits per heavy atom. The van der Waals surface area contributed by atoms with Crippen LogP contribution in [0, 0.1) is 12.7 Å². The van der Waals surface area contributed by atoms with Crippen LogP contribution in [0.2, 0.25) is 0 Å². The fraction of sp³-hybridized carbons (Fsp3) is 0.226. The van der Waals surface area contributed by atoms with Crippen molar-refractivity contribution in [2.45, 2.75) is 32.2 Å². The lowest BCUT2D eigenvalue weighted by molar-refractivity contribution is -0.123. The summed E-state index contributed by atoms with van der Waals surface area (Å²) in [7, 11) is 0. The van der Waals surface area contributed by atoms with Crippen molar-refractivity contribution in [1.82, 2.24) is 10.3 Å². The molecule has 0 unspecified atom stereocenters. The van der Waals surface area contributed by atoms with E-state index in [1.807, 2.05) is 30.3 Å². The quantitative estimate of drug-likeness (QED) is 0.299. The first-order valence-corrected chi connectivity index (χ1v) is 14.3. The first kappa shape index (κ1) is 26.6. The molecule has 10 heteroatoms. The SMILES string of the molecule is Cc1cccc(F)c1NC(=O)c1cc2c(s1)-c1ccccc1N(C(=O)c1cccc(N[C@H]3CCCNC3=O)n1)CC2. The Morgan fingerprint density at radius 2 is 1.93 bits per heavy atom. The zero-order valence-corrected chi connectivity index (χ0v) is 23.2. The predicted octanol–water partition coefficient (Wildman–Crippen LogP) is 5.40. The molecular formula is C31H28FN5O3S. The smallest absolute Gasteiger partial charge is 0.276 e. The van der Waals surface area contributed by atoms with Crippen LogP contribution >= 0.6 is 11.3 Å². The summed E-state index contributed by atoms with van der Waals surface area (Å²) in [5.74, 6) is -0.703. The summed E-state index contributed by atoms with van der Waals surface area (Å²) < 4.78 is 14.3. The molecule has 4 aromatic rings. The minimum Gasteiger partial charge on any atom is -0.358 e. The summed E-state index contributed by atoms with van der Waals surface area (Å²) in [5, 5.41) is 8.73. The summed E-state index contributed by atoms with van der Waals surface area (Å²) in [6, 6.07) is 18.9. The third-order valence-corrected chi connectivity index (χ3v) is 8.57. The van der Waals surface area contributed by atoms with Crippen LogP contribution < -0.4 is 20.9 Å². The van der Waals surface area contributed by atoms with Gasteiger partial charge in [0.1, 0.15) is 23.4 Å². The normalized spacial score (nSPS) is 16.2. The maximum atomic E-state index is 14.3. The number of aromatic nitrogens is 1. The number of carbonyl (C=O) groups excluding carboxylic acids is 3. The van der Waals surface area contributed by atoms with E-state index in [0.717, 1.165) is 28.1 Å². The molecule has 208 valence electrons. The molecule has 0 radical (unpaired) electrons. The van der Waals surface area contributed by atoms with E-state index in [1.54, 1.807) is 42.2 Å². The molecule has 2 aliphatic rings. The second-order valence-electron chi connectivity index (χ2n) is 10.1. The Kier molecular flexibility index (Phi) is 7.23. The zero-order chi connectivity index (χ0) is 28.5. The topological polar surface area (TPSA) is 103 Å². The van der Waals surface area contributed by atoms with E-state index in [-0.39, 0.29) is 35.1 Å². The third-order valence-electron chi connectivity index (χ3n) is 7.36. The molecule has 4 heterocycles. The molecule has 41 heavy (non-hydrogen) atoms. The number of fused-ring (bicyclic) bond motifs is 3. The minimum absolute atomic E-state index is 0.0699. The molecule has 1 fully saturated rings. The summed E-state index contributed by atoms with van der Waals surface area (Å²) in [5.41, 5.74) is 3.60. The number of pyridine rings is 1. The van der Waals surface area contributed by atoms with Gasteiger partial charge in [0.2, 0.25) is 5.91 Å². The van der Waals surface area contributed by atoms with Crippen molar-refractivity contribution >= 4 is 46.3 Å². The van der Waals surface area contributed by atoms with Crippen molar-refractivity contribution < 1.29 is 18.8 Å². The van der Waals surface area contributed by atoms with Gasteiger partial charge in [-0.1, -0.05) is 36.4 Å². The van der Waals surface area contributed by atoms with Crippen LogP contribution in [0.4, 0.5) is 21.6 Å². The molecule has 0 aliphatic carbocycles. The van der Waals surface area contributed by atoms with Crippen molar-refractivity contribution in [3.05, 3.63) is 94.2 Å². The Morgan fingerprint density at radius 3 is 2.76 bits per heavy atom. The molecule has 3 amide bonds. The first-order valence-electron chi connectivity index (χ1n) is 13.5. The van der Waals surface area contributed by atoms with E-state index in [2.05, 4.69) is 20.9 Å². The lowest BCUT2D eigenvalue weighted by Crippen LogP contribution is -2.44. The Labute approximate surface area is 240 Å². The summed E-state index contributed by atoms with van der Waals surface area (Å²) in [6.07, 6.45) is 2.11. The summed E-state index contributed by atoms with van der Waals surface area (Å²) in [4.78, 5) is 46.7. The fourth-order valence-corrected chi connectivity index (χ4v) is 6.38. The highest BCUT2D eigenvalue weighted by Gasteiger charge is 2.29. The van der Waals surface area contributed by atoms with Gasteiger partial charge in [0, 0.05) is 23.5 Å². The number of hydrogen-bond acceptors (Lipinski definition) is 6. The standard InChI is InChI=1S/C31H28FN5O3S/c1-18-7-4-9-21(32)27(18)36-30(39)25-17-19-14-16-37(24-12-3-2-8-20(24)28(19)41-25)31(40)23-10-5-13-26(35-23)34-22-11-6-15-33-29(22)38/h2-5,7-10,12-13,17,22H,6,11,14-16H2,1H3,(H,33,38)(H,34,35)(H,36,39)/t22-/m0/s1. The molecule has 8 nitrogen and oxygen atoms in total. The van der Waals surface area contributed by atoms with Crippen molar-refractivity contribution in [2.75, 3.05) is 28.6 Å². The highest BCUT2D eigenvalue weighted by atomic mass is 32.1. The van der Waals surface area contributed by atoms with Crippen LogP contribution in [0.1, 0.15) is 44.1 Å². The van der Waals surface area contributed by atoms with Crippen LogP contribution in [0.5, 0.6) is 0 Å². The van der Waals surface area contributed by atoms with Crippen molar-refractivity contribution in [3.8, 4) is 10.4 Å². The van der Waals surface area contributed by atoms with E-state index in [1.165, 1.54) is 17.4 Å². The van der Waals surface area contributed by atoms with Gasteiger partial charge in [0.25, 0.3) is 11.8 Å².